The molecule has 2 aromatic carbocycles. The number of carbonyl (C=O) groups is 2. The molecule has 9 heteroatoms. The molecule has 0 aliphatic carbocycles. The van der Waals surface area contributed by atoms with Gasteiger partial charge in [0.15, 0.2) is 11.0 Å². The molecular weight excluding hydrogens is 426 g/mol. The number of benzene rings is 2. The van der Waals surface area contributed by atoms with Crippen molar-refractivity contribution in [1.82, 2.24) is 20.1 Å². The first-order chi connectivity index (χ1) is 15.5. The molecule has 2 N–H and O–H groups in total. The number of allylic oxidation sites excluding steroid dienone is 1. The van der Waals surface area contributed by atoms with Crippen LogP contribution in [0.15, 0.2) is 72.4 Å². The number of rotatable bonds is 10. The van der Waals surface area contributed by atoms with Gasteiger partial charge in [0.1, 0.15) is 5.75 Å². The van der Waals surface area contributed by atoms with E-state index in [4.69, 9.17) is 4.74 Å². The van der Waals surface area contributed by atoms with Crippen LogP contribution < -0.4 is 15.4 Å². The first-order valence-corrected chi connectivity index (χ1v) is 11.0. The summed E-state index contributed by atoms with van der Waals surface area (Å²) in [6.45, 7) is 6.08. The number of nitrogens with zero attached hydrogens (tertiary/aromatic N) is 3. The van der Waals surface area contributed by atoms with Gasteiger partial charge in [0.05, 0.1) is 24.6 Å². The number of methoxy groups -OCH3 is 1. The third kappa shape index (κ3) is 5.76. The highest BCUT2D eigenvalue weighted by Gasteiger charge is 2.20. The van der Waals surface area contributed by atoms with Crippen molar-refractivity contribution in [2.45, 2.75) is 24.7 Å². The maximum absolute atomic E-state index is 12.5. The molecule has 32 heavy (non-hydrogen) atoms. The largest absolute Gasteiger partial charge is 0.495 e. The van der Waals surface area contributed by atoms with Gasteiger partial charge in [0.25, 0.3) is 5.91 Å². The summed E-state index contributed by atoms with van der Waals surface area (Å²) >= 11 is 1.26. The van der Waals surface area contributed by atoms with Crippen LogP contribution in [0.25, 0.3) is 0 Å². The van der Waals surface area contributed by atoms with E-state index < -0.39 is 0 Å². The van der Waals surface area contributed by atoms with Gasteiger partial charge in [-0.1, -0.05) is 48.2 Å². The van der Waals surface area contributed by atoms with Crippen molar-refractivity contribution in [3.63, 3.8) is 0 Å². The SMILES string of the molecule is C=CCn1c(SCC(=O)Nc2ccccc2OC)nnc1[C@@H](C)NC(=O)c1ccccc1. The van der Waals surface area contributed by atoms with E-state index in [1.807, 2.05) is 41.8 Å². The highest BCUT2D eigenvalue weighted by molar-refractivity contribution is 7.99. The van der Waals surface area contributed by atoms with Crippen LogP contribution in [-0.2, 0) is 11.3 Å². The Balaban J connectivity index is 1.66. The number of anilines is 1. The Morgan fingerprint density at radius 2 is 1.88 bits per heavy atom. The molecule has 0 aliphatic heterocycles. The van der Waals surface area contributed by atoms with Crippen LogP contribution in [0.5, 0.6) is 5.75 Å². The van der Waals surface area contributed by atoms with Gasteiger partial charge in [0.2, 0.25) is 5.91 Å². The van der Waals surface area contributed by atoms with Crippen molar-refractivity contribution in [2.24, 2.45) is 0 Å². The van der Waals surface area contributed by atoms with Gasteiger partial charge in [-0.05, 0) is 31.2 Å². The normalized spacial score (nSPS) is 11.4. The molecule has 1 heterocycles. The molecule has 166 valence electrons. The summed E-state index contributed by atoms with van der Waals surface area (Å²) in [4.78, 5) is 24.9. The van der Waals surface area contributed by atoms with Crippen molar-refractivity contribution in [3.05, 3.63) is 78.6 Å². The quantitative estimate of drug-likeness (QED) is 0.360. The third-order valence-electron chi connectivity index (χ3n) is 4.54. The summed E-state index contributed by atoms with van der Waals surface area (Å²) < 4.78 is 7.10. The van der Waals surface area contributed by atoms with Gasteiger partial charge < -0.3 is 19.9 Å². The molecule has 8 nitrogen and oxygen atoms in total. The Kier molecular flexibility index (Phi) is 8.04. The Hall–Kier alpha value is -3.59. The Morgan fingerprint density at radius 3 is 2.59 bits per heavy atom. The van der Waals surface area contributed by atoms with E-state index in [0.717, 1.165) is 0 Å². The maximum Gasteiger partial charge on any atom is 0.251 e. The second kappa shape index (κ2) is 11.1. The van der Waals surface area contributed by atoms with Crippen LogP contribution in [0.1, 0.15) is 29.1 Å². The average molecular weight is 452 g/mol. The van der Waals surface area contributed by atoms with Gasteiger partial charge in [-0.3, -0.25) is 9.59 Å². The van der Waals surface area contributed by atoms with Crippen molar-refractivity contribution >= 4 is 29.3 Å². The minimum Gasteiger partial charge on any atom is -0.495 e. The number of nitrogens with one attached hydrogen (secondary N) is 2. The molecule has 0 saturated heterocycles. The van der Waals surface area contributed by atoms with Crippen LogP contribution in [0.4, 0.5) is 5.69 Å². The number of thioether (sulfide) groups is 1. The molecule has 1 atom stereocenters. The molecule has 3 aromatic rings. The van der Waals surface area contributed by atoms with Crippen molar-refractivity contribution in [2.75, 3.05) is 18.2 Å². The monoisotopic (exact) mass is 451 g/mol. The smallest absolute Gasteiger partial charge is 0.251 e. The Labute approximate surface area is 191 Å². The minimum absolute atomic E-state index is 0.137. The number of hydrogen-bond donors (Lipinski definition) is 2. The molecular formula is C23H25N5O3S. The number of hydrogen-bond acceptors (Lipinski definition) is 6. The van der Waals surface area contributed by atoms with E-state index in [2.05, 4.69) is 27.4 Å². The number of carbonyl (C=O) groups excluding carboxylic acids is 2. The summed E-state index contributed by atoms with van der Waals surface area (Å²) in [5, 5.41) is 14.8. The molecule has 0 radical (unpaired) electrons. The molecule has 1 aromatic heterocycles. The van der Waals surface area contributed by atoms with Gasteiger partial charge in [-0.15, -0.1) is 16.8 Å². The fourth-order valence-electron chi connectivity index (χ4n) is 3.03. The summed E-state index contributed by atoms with van der Waals surface area (Å²) in [6.07, 6.45) is 1.72. The maximum atomic E-state index is 12.5. The van der Waals surface area contributed by atoms with Gasteiger partial charge in [-0.25, -0.2) is 0 Å². The zero-order valence-corrected chi connectivity index (χ0v) is 18.8. The third-order valence-corrected chi connectivity index (χ3v) is 5.51. The van der Waals surface area contributed by atoms with Gasteiger partial charge in [0, 0.05) is 12.1 Å². The lowest BCUT2D eigenvalue weighted by Crippen LogP contribution is -2.28. The fourth-order valence-corrected chi connectivity index (χ4v) is 3.78. The Morgan fingerprint density at radius 1 is 1.16 bits per heavy atom. The number of para-hydroxylation sites is 2. The molecule has 0 spiro atoms. The van der Waals surface area contributed by atoms with E-state index in [-0.39, 0.29) is 23.6 Å². The number of amides is 2. The Bertz CT molecular complexity index is 1080. The zero-order chi connectivity index (χ0) is 22.9. The van der Waals surface area contributed by atoms with E-state index in [9.17, 15) is 9.59 Å². The highest BCUT2D eigenvalue weighted by Crippen LogP contribution is 2.25. The highest BCUT2D eigenvalue weighted by atomic mass is 32.2. The predicted octanol–water partition coefficient (Wildman–Crippen LogP) is 3.69. The second-order valence-corrected chi connectivity index (χ2v) is 7.78. The van der Waals surface area contributed by atoms with Crippen LogP contribution in [0, 0.1) is 0 Å². The van der Waals surface area contributed by atoms with Crippen LogP contribution in [0.3, 0.4) is 0 Å². The fraction of sp³-hybridized carbons (Fsp3) is 0.217. The van der Waals surface area contributed by atoms with Crippen molar-refractivity contribution in [3.8, 4) is 5.75 Å². The standard InChI is InChI=1S/C23H25N5O3S/c1-4-14-28-21(16(2)24-22(30)17-10-6-5-7-11-17)26-27-23(28)32-15-20(29)25-18-12-8-9-13-19(18)31-3/h4-13,16H,1,14-15H2,2-3H3,(H,24,30)(H,25,29)/t16-/m1/s1. The first kappa shape index (κ1) is 23.1. The van der Waals surface area contributed by atoms with Crippen LogP contribution >= 0.6 is 11.8 Å². The van der Waals surface area contributed by atoms with Gasteiger partial charge in [-0.2, -0.15) is 0 Å². The predicted molar refractivity (Wildman–Crippen MR) is 125 cm³/mol. The molecule has 0 bridgehead atoms. The summed E-state index contributed by atoms with van der Waals surface area (Å²) in [6, 6.07) is 15.8. The van der Waals surface area contributed by atoms with Crippen LogP contribution in [-0.4, -0.2) is 39.4 Å². The van der Waals surface area contributed by atoms with Crippen LogP contribution in [0.2, 0.25) is 0 Å². The molecule has 3 rings (SSSR count). The summed E-state index contributed by atoms with van der Waals surface area (Å²) in [7, 11) is 1.55. The van der Waals surface area contributed by atoms with E-state index >= 15 is 0 Å². The van der Waals surface area contributed by atoms with E-state index in [1.54, 1.807) is 37.5 Å². The summed E-state index contributed by atoms with van der Waals surface area (Å²) in [5.74, 6) is 0.918. The minimum atomic E-state index is -0.382. The number of aromatic nitrogens is 3. The lowest BCUT2D eigenvalue weighted by molar-refractivity contribution is -0.113. The topological polar surface area (TPSA) is 98.1 Å². The second-order valence-electron chi connectivity index (χ2n) is 6.84. The lowest BCUT2D eigenvalue weighted by atomic mass is 10.2. The zero-order valence-electron chi connectivity index (χ0n) is 17.9. The van der Waals surface area contributed by atoms with Crippen molar-refractivity contribution in [1.29, 1.82) is 0 Å². The van der Waals surface area contributed by atoms with E-state index in [0.29, 0.717) is 34.5 Å². The van der Waals surface area contributed by atoms with Gasteiger partial charge >= 0.3 is 0 Å². The lowest BCUT2D eigenvalue weighted by Gasteiger charge is -2.15. The molecule has 0 saturated carbocycles. The average Bonchev–Trinajstić information content (AvgIpc) is 3.21. The first-order valence-electron chi connectivity index (χ1n) is 9.99. The molecule has 2 amide bonds. The van der Waals surface area contributed by atoms with Crippen molar-refractivity contribution < 1.29 is 14.3 Å². The molecule has 0 aliphatic rings. The molecule has 0 fully saturated rings. The number of ether oxygens (including phenoxy) is 1. The summed E-state index contributed by atoms with van der Waals surface area (Å²) in [5.41, 5.74) is 1.17. The van der Waals surface area contributed by atoms with E-state index in [1.165, 1.54) is 11.8 Å². The molecule has 0 unspecified atom stereocenters.